The highest BCUT2D eigenvalue weighted by atomic mass is 35.5. The van der Waals surface area contributed by atoms with Gasteiger partial charge in [-0.3, -0.25) is 19.5 Å². The van der Waals surface area contributed by atoms with Gasteiger partial charge in [-0.2, -0.15) is 0 Å². The Morgan fingerprint density at radius 2 is 1.49 bits per heavy atom. The summed E-state index contributed by atoms with van der Waals surface area (Å²) in [6, 6.07) is 34.1. The first-order valence-corrected chi connectivity index (χ1v) is 12.9. The van der Waals surface area contributed by atoms with Crippen molar-refractivity contribution >= 4 is 29.4 Å². The second-order valence-corrected chi connectivity index (χ2v) is 9.60. The molecule has 0 aliphatic rings. The lowest BCUT2D eigenvalue weighted by atomic mass is 10.1. The van der Waals surface area contributed by atoms with Crippen molar-refractivity contribution in [2.75, 3.05) is 11.9 Å². The predicted octanol–water partition coefficient (Wildman–Crippen LogP) is 6.78. The van der Waals surface area contributed by atoms with Crippen molar-refractivity contribution in [3.05, 3.63) is 137 Å². The molecule has 1 heterocycles. The summed E-state index contributed by atoms with van der Waals surface area (Å²) < 4.78 is 1.84. The molecule has 5 rings (SSSR count). The first-order chi connectivity index (χ1) is 19.0. The van der Waals surface area contributed by atoms with Gasteiger partial charge in [0, 0.05) is 24.0 Å². The molecule has 2 amide bonds. The van der Waals surface area contributed by atoms with Gasteiger partial charge in [0.2, 0.25) is 11.9 Å². The van der Waals surface area contributed by atoms with E-state index in [0.717, 1.165) is 28.1 Å². The summed E-state index contributed by atoms with van der Waals surface area (Å²) in [4.78, 5) is 33.2. The monoisotopic (exact) mass is 534 g/mol. The molecule has 0 saturated heterocycles. The maximum atomic E-state index is 13.5. The molecule has 0 unspecified atom stereocenters. The molecule has 0 aliphatic carbocycles. The number of imidazole rings is 1. The number of rotatable bonds is 8. The van der Waals surface area contributed by atoms with Gasteiger partial charge in [-0.25, -0.2) is 4.98 Å². The van der Waals surface area contributed by atoms with E-state index in [1.807, 2.05) is 103 Å². The van der Waals surface area contributed by atoms with Gasteiger partial charge in [0.05, 0.1) is 16.3 Å². The van der Waals surface area contributed by atoms with E-state index in [-0.39, 0.29) is 24.9 Å². The number of hydrogen-bond donors (Lipinski definition) is 1. The Labute approximate surface area is 232 Å². The van der Waals surface area contributed by atoms with Crippen molar-refractivity contribution in [2.45, 2.75) is 13.5 Å². The fourth-order valence-electron chi connectivity index (χ4n) is 4.26. The number of carbonyl (C=O) groups excluding carboxylic acids is 2. The number of nitrogens with zero attached hydrogens (tertiary/aromatic N) is 3. The third kappa shape index (κ3) is 6.25. The standard InChI is InChI=1S/C32H27ClN4O2/c1-23-16-18-26(19-17-23)37-21-29(25-12-6-3-7-13-25)34-32(37)35-30(38)22-36(20-24-10-4-2-5-11-24)31(39)27-14-8-9-15-28(27)33/h2-19,21H,20,22H2,1H3,(H,34,35,38). The van der Waals surface area contributed by atoms with Crippen LogP contribution in [0.15, 0.2) is 115 Å². The lowest BCUT2D eigenvalue weighted by Gasteiger charge is -2.23. The number of benzene rings is 4. The van der Waals surface area contributed by atoms with Crippen LogP contribution in [-0.2, 0) is 11.3 Å². The fourth-order valence-corrected chi connectivity index (χ4v) is 4.48. The van der Waals surface area contributed by atoms with Crippen molar-refractivity contribution < 1.29 is 9.59 Å². The molecule has 5 aromatic rings. The predicted molar refractivity (Wildman–Crippen MR) is 155 cm³/mol. The van der Waals surface area contributed by atoms with E-state index in [1.54, 1.807) is 24.3 Å². The minimum Gasteiger partial charge on any atom is -0.325 e. The van der Waals surface area contributed by atoms with Crippen LogP contribution >= 0.6 is 11.6 Å². The van der Waals surface area contributed by atoms with Gasteiger partial charge >= 0.3 is 0 Å². The van der Waals surface area contributed by atoms with E-state index < -0.39 is 0 Å². The Bertz CT molecular complexity index is 1580. The summed E-state index contributed by atoms with van der Waals surface area (Å²) in [6.45, 7) is 2.09. The molecule has 0 spiro atoms. The number of nitrogens with one attached hydrogen (secondary N) is 1. The van der Waals surface area contributed by atoms with Crippen molar-refractivity contribution in [1.29, 1.82) is 0 Å². The van der Waals surface area contributed by atoms with Crippen LogP contribution in [-0.4, -0.2) is 32.8 Å². The average molecular weight is 535 g/mol. The molecule has 0 bridgehead atoms. The van der Waals surface area contributed by atoms with Gasteiger partial charge in [-0.15, -0.1) is 0 Å². The summed E-state index contributed by atoms with van der Waals surface area (Å²) >= 11 is 6.33. The molecule has 39 heavy (non-hydrogen) atoms. The van der Waals surface area contributed by atoms with Crippen LogP contribution in [0.1, 0.15) is 21.5 Å². The lowest BCUT2D eigenvalue weighted by molar-refractivity contribution is -0.117. The Balaban J connectivity index is 1.44. The first kappa shape index (κ1) is 25.9. The molecule has 1 aromatic heterocycles. The van der Waals surface area contributed by atoms with Crippen LogP contribution in [0.5, 0.6) is 0 Å². The molecule has 0 saturated carbocycles. The second-order valence-electron chi connectivity index (χ2n) is 9.20. The Hall–Kier alpha value is -4.68. The zero-order valence-electron chi connectivity index (χ0n) is 21.4. The number of carbonyl (C=O) groups is 2. The third-order valence-electron chi connectivity index (χ3n) is 6.28. The van der Waals surface area contributed by atoms with Crippen LogP contribution in [0.4, 0.5) is 5.95 Å². The van der Waals surface area contributed by atoms with Crippen molar-refractivity contribution in [3.8, 4) is 16.9 Å². The van der Waals surface area contributed by atoms with Gasteiger partial charge < -0.3 is 4.90 Å². The van der Waals surface area contributed by atoms with E-state index in [9.17, 15) is 9.59 Å². The molecule has 0 radical (unpaired) electrons. The second kappa shape index (κ2) is 11.8. The number of anilines is 1. The largest absolute Gasteiger partial charge is 0.325 e. The Kier molecular flexibility index (Phi) is 7.85. The molecular weight excluding hydrogens is 508 g/mol. The minimum absolute atomic E-state index is 0.180. The third-order valence-corrected chi connectivity index (χ3v) is 6.61. The fraction of sp³-hybridized carbons (Fsp3) is 0.0938. The Morgan fingerprint density at radius 3 is 2.18 bits per heavy atom. The Morgan fingerprint density at radius 1 is 0.846 bits per heavy atom. The smallest absolute Gasteiger partial charge is 0.256 e. The van der Waals surface area contributed by atoms with Crippen molar-refractivity contribution in [2.24, 2.45) is 0 Å². The van der Waals surface area contributed by atoms with Crippen LogP contribution in [0, 0.1) is 6.92 Å². The van der Waals surface area contributed by atoms with Gasteiger partial charge in [0.1, 0.15) is 6.54 Å². The lowest BCUT2D eigenvalue weighted by Crippen LogP contribution is -2.38. The first-order valence-electron chi connectivity index (χ1n) is 12.6. The number of amides is 2. The molecule has 6 nitrogen and oxygen atoms in total. The summed E-state index contributed by atoms with van der Waals surface area (Å²) in [6.07, 6.45) is 1.90. The van der Waals surface area contributed by atoms with E-state index in [2.05, 4.69) is 5.32 Å². The van der Waals surface area contributed by atoms with Crippen LogP contribution in [0.25, 0.3) is 16.9 Å². The molecule has 4 aromatic carbocycles. The van der Waals surface area contributed by atoms with Gasteiger partial charge in [0.15, 0.2) is 0 Å². The van der Waals surface area contributed by atoms with E-state index in [1.165, 1.54) is 4.90 Å². The number of aryl methyl sites for hydroxylation is 1. The zero-order valence-corrected chi connectivity index (χ0v) is 22.2. The number of hydrogen-bond acceptors (Lipinski definition) is 3. The SMILES string of the molecule is Cc1ccc(-n2cc(-c3ccccc3)nc2NC(=O)CN(Cc2ccccc2)C(=O)c2ccccc2Cl)cc1. The van der Waals surface area contributed by atoms with E-state index in [4.69, 9.17) is 16.6 Å². The summed E-state index contributed by atoms with van der Waals surface area (Å²) in [5.74, 6) is -0.330. The van der Waals surface area contributed by atoms with Gasteiger partial charge in [-0.05, 0) is 36.8 Å². The number of aromatic nitrogens is 2. The van der Waals surface area contributed by atoms with Gasteiger partial charge in [0.25, 0.3) is 5.91 Å². The van der Waals surface area contributed by atoms with Gasteiger partial charge in [-0.1, -0.05) is 102 Å². The highest BCUT2D eigenvalue weighted by Crippen LogP contribution is 2.25. The molecule has 7 heteroatoms. The highest BCUT2D eigenvalue weighted by molar-refractivity contribution is 6.33. The van der Waals surface area contributed by atoms with Crippen molar-refractivity contribution in [3.63, 3.8) is 0 Å². The van der Waals surface area contributed by atoms with Crippen molar-refractivity contribution in [1.82, 2.24) is 14.5 Å². The molecule has 0 atom stereocenters. The summed E-state index contributed by atoms with van der Waals surface area (Å²) in [5, 5.41) is 3.27. The minimum atomic E-state index is -0.370. The molecule has 1 N–H and O–H groups in total. The average Bonchev–Trinajstić information content (AvgIpc) is 3.37. The maximum Gasteiger partial charge on any atom is 0.256 e. The normalized spacial score (nSPS) is 10.7. The van der Waals surface area contributed by atoms with Crippen LogP contribution < -0.4 is 5.32 Å². The number of halogens is 1. The highest BCUT2D eigenvalue weighted by Gasteiger charge is 2.23. The molecular formula is C32H27ClN4O2. The van der Waals surface area contributed by atoms with Crippen LogP contribution in [0.2, 0.25) is 5.02 Å². The van der Waals surface area contributed by atoms with Crippen LogP contribution in [0.3, 0.4) is 0 Å². The maximum absolute atomic E-state index is 13.5. The summed E-state index contributed by atoms with van der Waals surface area (Å²) in [7, 11) is 0. The summed E-state index contributed by atoms with van der Waals surface area (Å²) in [5.41, 5.74) is 4.88. The quantitative estimate of drug-likeness (QED) is 0.238. The topological polar surface area (TPSA) is 67.2 Å². The zero-order chi connectivity index (χ0) is 27.2. The molecule has 0 aliphatic heterocycles. The molecule has 194 valence electrons. The van der Waals surface area contributed by atoms with E-state index >= 15 is 0 Å². The molecule has 0 fully saturated rings. The van der Waals surface area contributed by atoms with E-state index in [0.29, 0.717) is 16.5 Å².